The van der Waals surface area contributed by atoms with Crippen LogP contribution in [0.15, 0.2) is 35.2 Å². The lowest BCUT2D eigenvalue weighted by molar-refractivity contribution is -0.120. The zero-order valence-corrected chi connectivity index (χ0v) is 12.4. The molecule has 0 aliphatic heterocycles. The van der Waals surface area contributed by atoms with Crippen LogP contribution in [-0.4, -0.2) is 31.3 Å². The third-order valence-corrected chi connectivity index (χ3v) is 3.38. The molecule has 1 amide bonds. The standard InChI is InChI=1S/C13H20N2OS.ClH/c1-11(10-15-13(16)8-9-14-2)17-12-6-4-3-5-7-12;/h3-7,11,14H,8-10H2,1-2H3,(H,15,16);1H. The Hall–Kier alpha value is -0.710. The highest BCUT2D eigenvalue weighted by Gasteiger charge is 2.06. The van der Waals surface area contributed by atoms with Crippen LogP contribution >= 0.6 is 24.2 Å². The van der Waals surface area contributed by atoms with Crippen molar-refractivity contribution in [3.63, 3.8) is 0 Å². The number of hydrogen-bond acceptors (Lipinski definition) is 3. The Morgan fingerprint density at radius 2 is 2.00 bits per heavy atom. The predicted molar refractivity (Wildman–Crippen MR) is 80.6 cm³/mol. The van der Waals surface area contributed by atoms with Crippen LogP contribution in [0.25, 0.3) is 0 Å². The third kappa shape index (κ3) is 7.58. The van der Waals surface area contributed by atoms with E-state index < -0.39 is 0 Å². The third-order valence-electron chi connectivity index (χ3n) is 2.27. The SMILES string of the molecule is CNCCC(=O)NCC(C)Sc1ccccc1.Cl. The van der Waals surface area contributed by atoms with Crippen LogP contribution < -0.4 is 10.6 Å². The summed E-state index contributed by atoms with van der Waals surface area (Å²) in [6.07, 6.45) is 0.541. The number of hydrogen-bond donors (Lipinski definition) is 2. The van der Waals surface area contributed by atoms with Crippen LogP contribution in [0.5, 0.6) is 0 Å². The van der Waals surface area contributed by atoms with Gasteiger partial charge in [-0.3, -0.25) is 4.79 Å². The van der Waals surface area contributed by atoms with Gasteiger partial charge in [0.15, 0.2) is 0 Å². The average Bonchev–Trinajstić information content (AvgIpc) is 2.35. The van der Waals surface area contributed by atoms with Gasteiger partial charge in [0.1, 0.15) is 0 Å². The molecule has 1 atom stereocenters. The van der Waals surface area contributed by atoms with E-state index in [4.69, 9.17) is 0 Å². The predicted octanol–water partition coefficient (Wildman–Crippen LogP) is 2.31. The highest BCUT2D eigenvalue weighted by Crippen LogP contribution is 2.21. The summed E-state index contributed by atoms with van der Waals surface area (Å²) in [6.45, 7) is 3.56. The molecule has 0 bridgehead atoms. The van der Waals surface area contributed by atoms with Crippen molar-refractivity contribution in [1.29, 1.82) is 0 Å². The topological polar surface area (TPSA) is 41.1 Å². The molecule has 0 saturated heterocycles. The zero-order valence-electron chi connectivity index (χ0n) is 10.8. The summed E-state index contributed by atoms with van der Waals surface area (Å²) < 4.78 is 0. The molecule has 0 aromatic heterocycles. The second-order valence-electron chi connectivity index (χ2n) is 3.90. The molecule has 0 aliphatic rings. The van der Waals surface area contributed by atoms with E-state index in [9.17, 15) is 4.79 Å². The Morgan fingerprint density at radius 1 is 1.33 bits per heavy atom. The monoisotopic (exact) mass is 288 g/mol. The van der Waals surface area contributed by atoms with Crippen LogP contribution in [-0.2, 0) is 4.79 Å². The van der Waals surface area contributed by atoms with Crippen molar-refractivity contribution in [2.75, 3.05) is 20.1 Å². The van der Waals surface area contributed by atoms with Crippen molar-refractivity contribution in [3.8, 4) is 0 Å². The van der Waals surface area contributed by atoms with Gasteiger partial charge in [-0.05, 0) is 19.2 Å². The molecule has 1 aromatic carbocycles. The van der Waals surface area contributed by atoms with Gasteiger partial charge in [0, 0.05) is 29.7 Å². The van der Waals surface area contributed by atoms with Crippen molar-refractivity contribution in [1.82, 2.24) is 10.6 Å². The van der Waals surface area contributed by atoms with Gasteiger partial charge in [-0.15, -0.1) is 24.2 Å². The van der Waals surface area contributed by atoms with E-state index in [1.807, 2.05) is 25.2 Å². The summed E-state index contributed by atoms with van der Waals surface area (Å²) in [5, 5.41) is 6.28. The maximum atomic E-state index is 11.4. The minimum atomic E-state index is 0. The molecule has 0 heterocycles. The lowest BCUT2D eigenvalue weighted by atomic mass is 10.4. The maximum absolute atomic E-state index is 11.4. The molecule has 1 aromatic rings. The Balaban J connectivity index is 0.00000289. The maximum Gasteiger partial charge on any atom is 0.221 e. The first-order valence-electron chi connectivity index (χ1n) is 5.85. The molecule has 1 rings (SSSR count). The normalized spacial score (nSPS) is 11.4. The minimum absolute atomic E-state index is 0. The number of nitrogens with one attached hydrogen (secondary N) is 2. The van der Waals surface area contributed by atoms with Crippen LogP contribution in [0.4, 0.5) is 0 Å². The largest absolute Gasteiger partial charge is 0.355 e. The Kier molecular flexibility index (Phi) is 9.83. The summed E-state index contributed by atoms with van der Waals surface area (Å²) in [7, 11) is 1.85. The van der Waals surface area contributed by atoms with Crippen molar-refractivity contribution < 1.29 is 4.79 Å². The molecule has 0 aliphatic carbocycles. The molecule has 102 valence electrons. The van der Waals surface area contributed by atoms with Gasteiger partial charge in [-0.1, -0.05) is 25.1 Å². The van der Waals surface area contributed by atoms with E-state index in [0.717, 1.165) is 6.54 Å². The van der Waals surface area contributed by atoms with Crippen molar-refractivity contribution in [2.45, 2.75) is 23.5 Å². The van der Waals surface area contributed by atoms with Gasteiger partial charge in [0.05, 0.1) is 0 Å². The molecule has 0 radical (unpaired) electrons. The number of carbonyl (C=O) groups is 1. The molecule has 2 N–H and O–H groups in total. The number of amides is 1. The molecule has 0 fully saturated rings. The molecule has 1 unspecified atom stereocenters. The lowest BCUT2D eigenvalue weighted by Gasteiger charge is -2.12. The summed E-state index contributed by atoms with van der Waals surface area (Å²) in [5.74, 6) is 0.111. The second kappa shape index (κ2) is 10.2. The number of thioether (sulfide) groups is 1. The van der Waals surface area contributed by atoms with Crippen molar-refractivity contribution >= 4 is 30.1 Å². The highest BCUT2D eigenvalue weighted by atomic mass is 35.5. The summed E-state index contributed by atoms with van der Waals surface area (Å²) in [6, 6.07) is 10.2. The summed E-state index contributed by atoms with van der Waals surface area (Å²) in [5.41, 5.74) is 0. The molecular formula is C13H21ClN2OS. The molecule has 3 nitrogen and oxygen atoms in total. The van der Waals surface area contributed by atoms with E-state index in [-0.39, 0.29) is 18.3 Å². The molecular weight excluding hydrogens is 268 g/mol. The first-order valence-corrected chi connectivity index (χ1v) is 6.73. The van der Waals surface area contributed by atoms with Gasteiger partial charge >= 0.3 is 0 Å². The number of rotatable bonds is 7. The smallest absolute Gasteiger partial charge is 0.221 e. The second-order valence-corrected chi connectivity index (χ2v) is 5.41. The van der Waals surface area contributed by atoms with Crippen LogP contribution in [0, 0.1) is 0 Å². The number of benzene rings is 1. The first kappa shape index (κ1) is 17.3. The van der Waals surface area contributed by atoms with Crippen LogP contribution in [0.1, 0.15) is 13.3 Å². The molecule has 18 heavy (non-hydrogen) atoms. The number of halogens is 1. The van der Waals surface area contributed by atoms with E-state index in [1.54, 1.807) is 11.8 Å². The van der Waals surface area contributed by atoms with Gasteiger partial charge in [0.25, 0.3) is 0 Å². The van der Waals surface area contributed by atoms with E-state index >= 15 is 0 Å². The average molecular weight is 289 g/mol. The summed E-state index contributed by atoms with van der Waals surface area (Å²) >= 11 is 1.78. The van der Waals surface area contributed by atoms with Gasteiger partial charge in [-0.25, -0.2) is 0 Å². The molecule has 0 spiro atoms. The highest BCUT2D eigenvalue weighted by molar-refractivity contribution is 8.00. The first-order chi connectivity index (χ1) is 8.22. The van der Waals surface area contributed by atoms with Gasteiger partial charge < -0.3 is 10.6 Å². The van der Waals surface area contributed by atoms with E-state index in [2.05, 4.69) is 29.7 Å². The molecule has 0 saturated carbocycles. The zero-order chi connectivity index (χ0) is 12.5. The Bertz CT molecular complexity index is 335. The lowest BCUT2D eigenvalue weighted by Crippen LogP contribution is -2.31. The fraction of sp³-hybridized carbons (Fsp3) is 0.462. The summed E-state index contributed by atoms with van der Waals surface area (Å²) in [4.78, 5) is 12.6. The fourth-order valence-corrected chi connectivity index (χ4v) is 2.30. The van der Waals surface area contributed by atoms with Gasteiger partial charge in [-0.2, -0.15) is 0 Å². The Morgan fingerprint density at radius 3 is 2.61 bits per heavy atom. The van der Waals surface area contributed by atoms with Crippen molar-refractivity contribution in [3.05, 3.63) is 30.3 Å². The quantitative estimate of drug-likeness (QED) is 0.757. The van der Waals surface area contributed by atoms with E-state index in [0.29, 0.717) is 18.2 Å². The minimum Gasteiger partial charge on any atom is -0.355 e. The van der Waals surface area contributed by atoms with E-state index in [1.165, 1.54) is 4.90 Å². The van der Waals surface area contributed by atoms with Crippen LogP contribution in [0.3, 0.4) is 0 Å². The van der Waals surface area contributed by atoms with Crippen LogP contribution in [0.2, 0.25) is 0 Å². The van der Waals surface area contributed by atoms with Crippen molar-refractivity contribution in [2.24, 2.45) is 0 Å². The van der Waals surface area contributed by atoms with Gasteiger partial charge in [0.2, 0.25) is 5.91 Å². The Labute approximate surface area is 120 Å². The number of carbonyl (C=O) groups excluding carboxylic acids is 1. The molecule has 5 heteroatoms. The fourth-order valence-electron chi connectivity index (χ4n) is 1.36.